The van der Waals surface area contributed by atoms with E-state index in [1.165, 1.54) is 5.56 Å². The van der Waals surface area contributed by atoms with Gasteiger partial charge in [0.2, 0.25) is 17.8 Å². The molecule has 0 aromatic heterocycles. The number of likely N-dealkylation sites (tertiary alicyclic amines) is 2. The standard InChI is InChI=1S/C12H20N2O2.C11H14N4.C2H2/c15-11-6-2-1-3-9-14(11)10-12(16)13-7-4-5-8-13;12-9-15-11(13)14-8-4-7-10-5-2-1-3-6-10;1-2/h1-10H2;1-3,5-6H,4,7-8H2,(H3,13,14,15);1-2H. The number of hydrogen-bond donors (Lipinski definition) is 2. The van der Waals surface area contributed by atoms with Crippen molar-refractivity contribution in [2.45, 2.75) is 51.4 Å². The number of nitrogens with zero attached hydrogens (tertiary/aromatic N) is 4. The van der Waals surface area contributed by atoms with Gasteiger partial charge in [-0.15, -0.1) is 12.8 Å². The number of aliphatic imine (C=N–C) groups is 1. The lowest BCUT2D eigenvalue weighted by Gasteiger charge is -2.23. The summed E-state index contributed by atoms with van der Waals surface area (Å²) in [4.78, 5) is 31.2. The van der Waals surface area contributed by atoms with Gasteiger partial charge in [-0.25, -0.2) is 0 Å². The van der Waals surface area contributed by atoms with E-state index in [9.17, 15) is 9.59 Å². The first kappa shape index (κ1) is 27.5. The maximum atomic E-state index is 11.9. The van der Waals surface area contributed by atoms with Gasteiger partial charge in [-0.3, -0.25) is 19.9 Å². The Kier molecular flexibility index (Phi) is 14.2. The second kappa shape index (κ2) is 17.1. The number of nitriles is 1. The minimum atomic E-state index is 0.132. The average molecular weight is 453 g/mol. The number of guanidine groups is 1. The summed E-state index contributed by atoms with van der Waals surface area (Å²) in [5, 5.41) is 10.5. The Morgan fingerprint density at radius 2 is 1.76 bits per heavy atom. The first-order valence-electron chi connectivity index (χ1n) is 11.5. The van der Waals surface area contributed by atoms with E-state index in [2.05, 4.69) is 35.3 Å². The molecule has 8 heteroatoms. The summed E-state index contributed by atoms with van der Waals surface area (Å²) >= 11 is 0. The molecule has 2 amide bonds. The highest BCUT2D eigenvalue weighted by atomic mass is 16.2. The van der Waals surface area contributed by atoms with Gasteiger partial charge in [-0.1, -0.05) is 36.8 Å². The molecule has 33 heavy (non-hydrogen) atoms. The van der Waals surface area contributed by atoms with Crippen LogP contribution in [-0.2, 0) is 16.0 Å². The molecule has 0 radical (unpaired) electrons. The van der Waals surface area contributed by atoms with Gasteiger partial charge >= 0.3 is 0 Å². The number of rotatable bonds is 6. The molecule has 1 aromatic rings. The average Bonchev–Trinajstić information content (AvgIpc) is 3.31. The molecule has 0 unspecified atom stereocenters. The summed E-state index contributed by atoms with van der Waals surface area (Å²) < 4.78 is 0. The van der Waals surface area contributed by atoms with Crippen LogP contribution in [0, 0.1) is 24.3 Å². The van der Waals surface area contributed by atoms with Crippen LogP contribution in [0.25, 0.3) is 0 Å². The number of nitrogens with two attached hydrogens (primary N) is 1. The zero-order valence-electron chi connectivity index (χ0n) is 19.4. The molecular weight excluding hydrogens is 416 g/mol. The second-order valence-corrected chi connectivity index (χ2v) is 7.81. The van der Waals surface area contributed by atoms with E-state index >= 15 is 0 Å². The van der Waals surface area contributed by atoms with Gasteiger partial charge in [0, 0.05) is 32.6 Å². The Balaban J connectivity index is 0.000000308. The van der Waals surface area contributed by atoms with Crippen molar-refractivity contribution in [3.63, 3.8) is 0 Å². The third-order valence-corrected chi connectivity index (χ3v) is 5.39. The van der Waals surface area contributed by atoms with Gasteiger partial charge in [0.15, 0.2) is 6.19 Å². The van der Waals surface area contributed by atoms with Gasteiger partial charge in [-0.2, -0.15) is 5.26 Å². The highest BCUT2D eigenvalue weighted by Crippen LogP contribution is 2.13. The third-order valence-electron chi connectivity index (χ3n) is 5.39. The summed E-state index contributed by atoms with van der Waals surface area (Å²) in [7, 11) is 0. The quantitative estimate of drug-likeness (QED) is 0.172. The van der Waals surface area contributed by atoms with Crippen LogP contribution in [0.3, 0.4) is 0 Å². The number of carbonyl (C=O) groups is 2. The second-order valence-electron chi connectivity index (χ2n) is 7.81. The molecule has 0 saturated carbocycles. The third kappa shape index (κ3) is 11.6. The van der Waals surface area contributed by atoms with Crippen molar-refractivity contribution in [3.05, 3.63) is 35.9 Å². The summed E-state index contributed by atoms with van der Waals surface area (Å²) in [6.07, 6.45) is 17.6. The van der Waals surface area contributed by atoms with Crippen LogP contribution in [-0.4, -0.2) is 60.3 Å². The molecular formula is C25H36N6O2. The summed E-state index contributed by atoms with van der Waals surface area (Å²) in [6, 6.07) is 10.2. The van der Waals surface area contributed by atoms with Crippen LogP contribution in [0.4, 0.5) is 0 Å². The summed E-state index contributed by atoms with van der Waals surface area (Å²) in [5.41, 5.74) is 6.67. The fourth-order valence-corrected chi connectivity index (χ4v) is 3.66. The van der Waals surface area contributed by atoms with E-state index in [-0.39, 0.29) is 17.8 Å². The number of hydrogen-bond acceptors (Lipinski definition) is 4. The largest absolute Gasteiger partial charge is 0.369 e. The molecule has 178 valence electrons. The molecule has 2 saturated heterocycles. The highest BCUT2D eigenvalue weighted by molar-refractivity contribution is 5.85. The Morgan fingerprint density at radius 1 is 1.09 bits per heavy atom. The summed E-state index contributed by atoms with van der Waals surface area (Å²) in [6.45, 7) is 3.45. The molecule has 0 aliphatic carbocycles. The molecule has 2 heterocycles. The van der Waals surface area contributed by atoms with E-state index in [4.69, 9.17) is 11.0 Å². The lowest BCUT2D eigenvalue weighted by molar-refractivity contribution is -0.139. The maximum Gasteiger partial charge on any atom is 0.242 e. The Labute approximate surface area is 197 Å². The zero-order valence-corrected chi connectivity index (χ0v) is 19.4. The van der Waals surface area contributed by atoms with Crippen molar-refractivity contribution < 1.29 is 9.59 Å². The van der Waals surface area contributed by atoms with Crippen LogP contribution in [0.5, 0.6) is 0 Å². The molecule has 2 fully saturated rings. The van der Waals surface area contributed by atoms with Crippen LogP contribution >= 0.6 is 0 Å². The molecule has 0 atom stereocenters. The number of benzene rings is 1. The number of amides is 2. The number of carbonyl (C=O) groups excluding carboxylic acids is 2. The molecule has 0 spiro atoms. The molecule has 1 aromatic carbocycles. The minimum Gasteiger partial charge on any atom is -0.369 e. The molecule has 3 N–H and O–H groups in total. The fourth-order valence-electron chi connectivity index (χ4n) is 3.66. The van der Waals surface area contributed by atoms with Gasteiger partial charge < -0.3 is 15.5 Å². The molecule has 8 nitrogen and oxygen atoms in total. The van der Waals surface area contributed by atoms with Crippen LogP contribution < -0.4 is 11.1 Å². The lowest BCUT2D eigenvalue weighted by atomic mass is 10.1. The van der Waals surface area contributed by atoms with E-state index in [1.807, 2.05) is 23.1 Å². The van der Waals surface area contributed by atoms with Gasteiger partial charge in [0.05, 0.1) is 6.54 Å². The number of nitrogens with one attached hydrogen (secondary N) is 1. The van der Waals surface area contributed by atoms with E-state index < -0.39 is 0 Å². The predicted octanol–water partition coefficient (Wildman–Crippen LogP) is 2.27. The van der Waals surface area contributed by atoms with Gasteiger partial charge in [0.25, 0.3) is 0 Å². The van der Waals surface area contributed by atoms with Crippen molar-refractivity contribution in [3.8, 4) is 19.0 Å². The van der Waals surface area contributed by atoms with Crippen molar-refractivity contribution in [1.82, 2.24) is 15.1 Å². The van der Waals surface area contributed by atoms with E-state index in [1.54, 1.807) is 11.1 Å². The van der Waals surface area contributed by atoms with Crippen molar-refractivity contribution >= 4 is 17.8 Å². The molecule has 2 aliphatic rings. The highest BCUT2D eigenvalue weighted by Gasteiger charge is 2.23. The molecule has 0 bridgehead atoms. The van der Waals surface area contributed by atoms with Crippen molar-refractivity contribution in [2.75, 3.05) is 32.7 Å². The number of aryl methyl sites for hydroxylation is 1. The van der Waals surface area contributed by atoms with Crippen LogP contribution in [0.2, 0.25) is 0 Å². The monoisotopic (exact) mass is 452 g/mol. The topological polar surface area (TPSA) is 115 Å². The SMILES string of the molecule is C#C.N#CNC(N)=NCCCc1ccccc1.O=C(CN1CCCCCC1=O)N1CCCC1. The smallest absolute Gasteiger partial charge is 0.242 e. The fraction of sp³-hybridized carbons (Fsp3) is 0.520. The minimum absolute atomic E-state index is 0.132. The molecule has 2 aliphatic heterocycles. The summed E-state index contributed by atoms with van der Waals surface area (Å²) in [5.74, 6) is 0.475. The Morgan fingerprint density at radius 3 is 2.42 bits per heavy atom. The first-order chi connectivity index (χ1) is 16.1. The number of terminal acetylenes is 1. The maximum absolute atomic E-state index is 11.9. The van der Waals surface area contributed by atoms with Crippen LogP contribution in [0.15, 0.2) is 35.3 Å². The predicted molar refractivity (Wildman–Crippen MR) is 131 cm³/mol. The Bertz CT molecular complexity index is 794. The van der Waals surface area contributed by atoms with E-state index in [0.29, 0.717) is 19.5 Å². The van der Waals surface area contributed by atoms with E-state index in [0.717, 1.165) is 64.6 Å². The van der Waals surface area contributed by atoms with Crippen LogP contribution in [0.1, 0.15) is 50.5 Å². The first-order valence-corrected chi connectivity index (χ1v) is 11.5. The zero-order chi connectivity index (χ0) is 24.3. The van der Waals surface area contributed by atoms with Crippen molar-refractivity contribution in [1.29, 1.82) is 5.26 Å². The van der Waals surface area contributed by atoms with Gasteiger partial charge in [0.1, 0.15) is 0 Å². The molecule has 3 rings (SSSR count). The normalized spacial score (nSPS) is 15.8. The Hall–Kier alpha value is -3.52. The van der Waals surface area contributed by atoms with Gasteiger partial charge in [-0.05, 0) is 44.1 Å². The van der Waals surface area contributed by atoms with Crippen molar-refractivity contribution in [2.24, 2.45) is 10.7 Å². The lowest BCUT2D eigenvalue weighted by Crippen LogP contribution is -2.41.